The van der Waals surface area contributed by atoms with E-state index in [0.717, 1.165) is 77.5 Å². The number of carbonyl (C=O) groups excluding carboxylic acids is 1. The highest BCUT2D eigenvalue weighted by Crippen LogP contribution is 2.38. The number of rotatable bonds is 7. The van der Waals surface area contributed by atoms with Gasteiger partial charge in [0, 0.05) is 50.6 Å². The molecule has 3 fully saturated rings. The number of aromatic nitrogens is 4. The maximum Gasteiger partial charge on any atom is 0.225 e. The van der Waals surface area contributed by atoms with Crippen molar-refractivity contribution >= 4 is 29.0 Å². The maximum absolute atomic E-state index is 14.9. The number of amides is 1. The highest BCUT2D eigenvalue weighted by atomic mass is 19.1. The number of alkyl halides is 1. The Balaban J connectivity index is 1.21. The molecule has 1 amide bonds. The first kappa shape index (κ1) is 31.1. The van der Waals surface area contributed by atoms with Gasteiger partial charge in [-0.1, -0.05) is 6.08 Å². The zero-order valence-electron chi connectivity index (χ0n) is 26.3. The summed E-state index contributed by atoms with van der Waals surface area (Å²) in [5, 5.41) is 17.2. The van der Waals surface area contributed by atoms with E-state index in [-0.39, 0.29) is 42.7 Å². The van der Waals surface area contributed by atoms with Crippen LogP contribution in [0.3, 0.4) is 0 Å². The molecule has 242 valence electrons. The second-order valence-corrected chi connectivity index (χ2v) is 14.0. The van der Waals surface area contributed by atoms with Crippen molar-refractivity contribution in [2.45, 2.75) is 108 Å². The number of imidazole rings is 1. The smallest absolute Gasteiger partial charge is 0.225 e. The first-order chi connectivity index (χ1) is 21.0. The van der Waals surface area contributed by atoms with Crippen molar-refractivity contribution in [1.29, 1.82) is 0 Å². The molecule has 3 N–H and O–H groups in total. The highest BCUT2D eigenvalue weighted by Gasteiger charge is 2.35. The Morgan fingerprint density at radius 3 is 2.36 bits per heavy atom. The summed E-state index contributed by atoms with van der Waals surface area (Å²) in [6.07, 6.45) is 8.67. The van der Waals surface area contributed by atoms with Crippen LogP contribution in [0.1, 0.15) is 84.1 Å². The molecule has 2 atom stereocenters. The zero-order chi connectivity index (χ0) is 31.0. The van der Waals surface area contributed by atoms with E-state index in [2.05, 4.69) is 32.1 Å². The van der Waals surface area contributed by atoms with E-state index < -0.39 is 23.6 Å². The number of allylic oxidation sites excluding steroid dienone is 1. The normalized spacial score (nSPS) is 30.7. The Morgan fingerprint density at radius 2 is 1.70 bits per heavy atom. The number of carbonyl (C=O) groups is 1. The number of nitrogens with zero attached hydrogens (tertiary/aromatic N) is 6. The second-order valence-electron chi connectivity index (χ2n) is 14.0. The van der Waals surface area contributed by atoms with Crippen LogP contribution in [0.15, 0.2) is 18.1 Å². The van der Waals surface area contributed by atoms with E-state index in [1.807, 2.05) is 18.7 Å². The Morgan fingerprint density at radius 1 is 1.00 bits per heavy atom. The quantitative estimate of drug-likeness (QED) is 0.407. The molecule has 3 aliphatic carbocycles. The Bertz CT molecular complexity index is 1340. The van der Waals surface area contributed by atoms with Gasteiger partial charge in [0.2, 0.25) is 17.8 Å². The summed E-state index contributed by atoms with van der Waals surface area (Å²) >= 11 is 0. The van der Waals surface area contributed by atoms with Gasteiger partial charge >= 0.3 is 0 Å². The highest BCUT2D eigenvalue weighted by molar-refractivity contribution is 5.79. The summed E-state index contributed by atoms with van der Waals surface area (Å²) < 4.78 is 30.7. The number of halogens is 2. The molecule has 0 bridgehead atoms. The predicted molar refractivity (Wildman–Crippen MR) is 167 cm³/mol. The maximum atomic E-state index is 14.9. The molecule has 3 heterocycles. The lowest BCUT2D eigenvalue weighted by atomic mass is 9.77. The molecule has 2 aromatic rings. The van der Waals surface area contributed by atoms with Crippen LogP contribution in [0.25, 0.3) is 11.2 Å². The summed E-state index contributed by atoms with van der Waals surface area (Å²) in [5.41, 5.74) is 0.618. The Kier molecular flexibility index (Phi) is 9.10. The Hall–Kier alpha value is -2.86. The van der Waals surface area contributed by atoms with Crippen molar-refractivity contribution < 1.29 is 18.7 Å². The minimum atomic E-state index is -1.35. The number of nitrogens with one attached hydrogen (secondary N) is 2. The number of hydrogen-bond donors (Lipinski definition) is 3. The average molecular weight is 615 g/mol. The van der Waals surface area contributed by atoms with Gasteiger partial charge in [0.25, 0.3) is 0 Å². The zero-order valence-corrected chi connectivity index (χ0v) is 26.3. The molecule has 1 saturated heterocycles. The molecular formula is C32H48F2N8O2. The summed E-state index contributed by atoms with van der Waals surface area (Å²) in [6, 6.07) is -0.332. The number of fused-ring (bicyclic) bond motifs is 1. The van der Waals surface area contributed by atoms with Crippen molar-refractivity contribution in [1.82, 2.24) is 29.3 Å². The predicted octanol–water partition coefficient (Wildman–Crippen LogP) is 4.84. The molecule has 4 aliphatic rings. The van der Waals surface area contributed by atoms with Gasteiger partial charge in [-0.05, 0) is 84.6 Å². The third-order valence-corrected chi connectivity index (χ3v) is 10.5. The number of hydrogen-bond acceptors (Lipinski definition) is 8. The second kappa shape index (κ2) is 12.9. The summed E-state index contributed by atoms with van der Waals surface area (Å²) in [6.45, 7) is 7.14. The van der Waals surface area contributed by atoms with Gasteiger partial charge in [-0.15, -0.1) is 0 Å². The number of aliphatic hydroxyl groups is 1. The van der Waals surface area contributed by atoms with Crippen LogP contribution in [0.5, 0.6) is 0 Å². The molecule has 0 radical (unpaired) electrons. The standard InChI is InChI=1S/C32H48F2N8O2/c1-32(2,44)21-6-9-23(10-7-21)36-30-35-19-27-28(39-30)42(31(38-27)37-26-13-8-22(33)18-25(26)34)24-11-4-20(5-12-24)29(43)41-16-14-40(3)15-17-41/h8,19-21,23-26,44H,4-7,9-18H2,1-3H3,(H,37,38)(H,35,36,39). The lowest BCUT2D eigenvalue weighted by Crippen LogP contribution is -2.49. The van der Waals surface area contributed by atoms with Gasteiger partial charge in [-0.3, -0.25) is 9.36 Å². The van der Waals surface area contributed by atoms with E-state index in [1.54, 1.807) is 6.20 Å². The molecule has 0 aromatic carbocycles. The molecule has 6 rings (SSSR count). The van der Waals surface area contributed by atoms with Crippen molar-refractivity contribution in [2.24, 2.45) is 11.8 Å². The van der Waals surface area contributed by atoms with Crippen LogP contribution in [0, 0.1) is 11.8 Å². The fourth-order valence-electron chi connectivity index (χ4n) is 7.53. The van der Waals surface area contributed by atoms with Gasteiger partial charge in [0.05, 0.1) is 23.7 Å². The van der Waals surface area contributed by atoms with Crippen molar-refractivity contribution in [3.05, 3.63) is 18.1 Å². The molecule has 1 aliphatic heterocycles. The number of anilines is 2. The van der Waals surface area contributed by atoms with Crippen LogP contribution in [-0.4, -0.2) is 97.4 Å². The summed E-state index contributed by atoms with van der Waals surface area (Å²) in [4.78, 5) is 31.9. The lowest BCUT2D eigenvalue weighted by molar-refractivity contribution is -0.138. The third kappa shape index (κ3) is 6.85. The van der Waals surface area contributed by atoms with Gasteiger partial charge in [0.1, 0.15) is 11.7 Å². The number of piperazine rings is 1. The molecule has 0 spiro atoms. The van der Waals surface area contributed by atoms with E-state index in [4.69, 9.17) is 9.97 Å². The molecule has 2 aromatic heterocycles. The SMILES string of the molecule is CN1CCN(C(=O)C2CCC(n3c(NC4CC=C(F)CC4F)nc4cnc(NC5CCC(C(C)(C)O)CC5)nc43)CC2)CC1. The average Bonchev–Trinajstić information content (AvgIpc) is 3.35. The minimum Gasteiger partial charge on any atom is -0.390 e. The van der Waals surface area contributed by atoms with Gasteiger partial charge < -0.3 is 25.5 Å². The fraction of sp³-hybridized carbons (Fsp3) is 0.750. The Labute approximate surface area is 258 Å². The fourth-order valence-corrected chi connectivity index (χ4v) is 7.53. The van der Waals surface area contributed by atoms with E-state index in [9.17, 15) is 18.7 Å². The minimum absolute atomic E-state index is 0.00779. The van der Waals surface area contributed by atoms with Gasteiger partial charge in [-0.2, -0.15) is 4.98 Å². The van der Waals surface area contributed by atoms with Crippen molar-refractivity contribution in [2.75, 3.05) is 43.9 Å². The van der Waals surface area contributed by atoms with Crippen molar-refractivity contribution in [3.63, 3.8) is 0 Å². The van der Waals surface area contributed by atoms with Gasteiger partial charge in [-0.25, -0.2) is 18.7 Å². The van der Waals surface area contributed by atoms with Crippen molar-refractivity contribution in [3.8, 4) is 0 Å². The third-order valence-electron chi connectivity index (χ3n) is 10.5. The summed E-state index contributed by atoms with van der Waals surface area (Å²) in [5.74, 6) is 1.18. The summed E-state index contributed by atoms with van der Waals surface area (Å²) in [7, 11) is 2.09. The molecule has 12 heteroatoms. The van der Waals surface area contributed by atoms with Crippen LogP contribution in [0.2, 0.25) is 0 Å². The van der Waals surface area contributed by atoms with E-state index in [0.29, 0.717) is 23.1 Å². The van der Waals surface area contributed by atoms with E-state index >= 15 is 0 Å². The first-order valence-electron chi connectivity index (χ1n) is 16.5. The molecular weight excluding hydrogens is 566 g/mol. The first-order valence-corrected chi connectivity index (χ1v) is 16.5. The number of likely N-dealkylation sites (N-methyl/N-ethyl adjacent to an activating group) is 1. The van der Waals surface area contributed by atoms with Crippen LogP contribution in [-0.2, 0) is 4.79 Å². The van der Waals surface area contributed by atoms with E-state index in [1.165, 1.54) is 6.08 Å². The van der Waals surface area contributed by atoms with Crippen LogP contribution >= 0.6 is 0 Å². The largest absolute Gasteiger partial charge is 0.390 e. The molecule has 10 nitrogen and oxygen atoms in total. The topological polar surface area (TPSA) is 111 Å². The monoisotopic (exact) mass is 614 g/mol. The van der Waals surface area contributed by atoms with Gasteiger partial charge in [0.15, 0.2) is 5.65 Å². The van der Waals surface area contributed by atoms with Crippen LogP contribution < -0.4 is 10.6 Å². The molecule has 2 unspecified atom stereocenters. The van der Waals surface area contributed by atoms with Crippen LogP contribution in [0.4, 0.5) is 20.7 Å². The lowest BCUT2D eigenvalue weighted by Gasteiger charge is -2.37. The molecule has 2 saturated carbocycles. The molecule has 44 heavy (non-hydrogen) atoms.